The van der Waals surface area contributed by atoms with E-state index in [4.69, 9.17) is 4.74 Å². The molecule has 0 saturated heterocycles. The molecule has 0 saturated carbocycles. The lowest BCUT2D eigenvalue weighted by atomic mass is 9.88. The number of aliphatic hydroxyl groups is 1. The lowest BCUT2D eigenvalue weighted by Crippen LogP contribution is -2.40. The lowest BCUT2D eigenvalue weighted by Gasteiger charge is -2.32. The highest BCUT2D eigenvalue weighted by Crippen LogP contribution is 2.32. The Kier molecular flexibility index (Phi) is 4.00. The fraction of sp³-hybridized carbons (Fsp3) is 0.167. The largest absolute Gasteiger partial charge is 0.365 e. The van der Waals surface area contributed by atoms with Crippen LogP contribution in [0.4, 0.5) is 0 Å². The number of ether oxygens (including phenoxy) is 1. The average Bonchev–Trinajstić information content (AvgIpc) is 2.52. The molecule has 0 radical (unpaired) electrons. The van der Waals surface area contributed by atoms with Crippen LogP contribution in [0.1, 0.15) is 12.5 Å². The van der Waals surface area contributed by atoms with Gasteiger partial charge >= 0.3 is 0 Å². The topological polar surface area (TPSA) is 46.5 Å². The van der Waals surface area contributed by atoms with Gasteiger partial charge in [-0.25, -0.2) is 0 Å². The summed E-state index contributed by atoms with van der Waals surface area (Å²) in [6, 6.07) is 15.6. The van der Waals surface area contributed by atoms with Crippen LogP contribution in [0, 0.1) is 0 Å². The van der Waals surface area contributed by atoms with Gasteiger partial charge in [-0.05, 0) is 47.9 Å². The molecule has 1 aliphatic heterocycles. The number of carbonyl (C=O) groups excluding carboxylic acids is 1. The minimum absolute atomic E-state index is 0.172. The molecule has 0 aromatic heterocycles. The van der Waals surface area contributed by atoms with Crippen LogP contribution in [0.2, 0.25) is 0 Å². The molecule has 22 heavy (non-hydrogen) atoms. The Labute approximate surface area is 137 Å². The van der Waals surface area contributed by atoms with E-state index in [1.165, 1.54) is 12.2 Å². The van der Waals surface area contributed by atoms with Crippen LogP contribution in [0.25, 0.3) is 11.1 Å². The van der Waals surface area contributed by atoms with Crippen LogP contribution in [0.15, 0.2) is 65.2 Å². The van der Waals surface area contributed by atoms with Gasteiger partial charge < -0.3 is 9.84 Å². The number of rotatable bonds is 2. The van der Waals surface area contributed by atoms with Crippen molar-refractivity contribution in [2.45, 2.75) is 18.8 Å². The Hall–Kier alpha value is -1.75. The molecule has 3 rings (SSSR count). The molecule has 2 aromatic carbocycles. The van der Waals surface area contributed by atoms with Gasteiger partial charge in [-0.1, -0.05) is 52.3 Å². The Balaban J connectivity index is 1.93. The van der Waals surface area contributed by atoms with E-state index in [0.717, 1.165) is 21.2 Å². The lowest BCUT2D eigenvalue weighted by molar-refractivity contribution is -0.177. The fourth-order valence-electron chi connectivity index (χ4n) is 2.50. The second-order valence-electron chi connectivity index (χ2n) is 5.35. The summed E-state index contributed by atoms with van der Waals surface area (Å²) in [5.74, 6) is -0.172. The number of carbonyl (C=O) groups is 1. The molecule has 0 amide bonds. The number of aliphatic hydroxyl groups excluding tert-OH is 1. The van der Waals surface area contributed by atoms with Crippen molar-refractivity contribution in [2.24, 2.45) is 0 Å². The van der Waals surface area contributed by atoms with Gasteiger partial charge in [0.2, 0.25) is 0 Å². The van der Waals surface area contributed by atoms with Gasteiger partial charge in [-0.15, -0.1) is 0 Å². The third-order valence-electron chi connectivity index (χ3n) is 3.85. The Morgan fingerprint density at radius 3 is 2.18 bits per heavy atom. The third kappa shape index (κ3) is 2.77. The number of hydrogen-bond donors (Lipinski definition) is 1. The van der Waals surface area contributed by atoms with Gasteiger partial charge in [0.25, 0.3) is 0 Å². The van der Waals surface area contributed by atoms with E-state index in [9.17, 15) is 9.90 Å². The highest BCUT2D eigenvalue weighted by atomic mass is 79.9. The van der Waals surface area contributed by atoms with Crippen LogP contribution < -0.4 is 0 Å². The predicted octanol–water partition coefficient (Wildman–Crippen LogP) is 3.81. The zero-order valence-electron chi connectivity index (χ0n) is 12.0. The molecular formula is C18H15BrO3. The van der Waals surface area contributed by atoms with Crippen molar-refractivity contribution in [3.8, 4) is 11.1 Å². The Bertz CT molecular complexity index is 719. The number of hydrogen-bond acceptors (Lipinski definition) is 3. The SMILES string of the molecule is C[C@]1(c2ccc(-c3ccc(Br)cc3)cc2)O[C@H](O)C=CC1=O. The van der Waals surface area contributed by atoms with Crippen molar-refractivity contribution < 1.29 is 14.6 Å². The fourth-order valence-corrected chi connectivity index (χ4v) is 2.77. The summed E-state index contributed by atoms with van der Waals surface area (Å²) >= 11 is 3.42. The van der Waals surface area contributed by atoms with Crippen molar-refractivity contribution in [2.75, 3.05) is 0 Å². The van der Waals surface area contributed by atoms with Crippen molar-refractivity contribution in [3.63, 3.8) is 0 Å². The second-order valence-corrected chi connectivity index (χ2v) is 6.26. The van der Waals surface area contributed by atoms with Gasteiger partial charge in [0.15, 0.2) is 17.7 Å². The summed E-state index contributed by atoms with van der Waals surface area (Å²) in [6.07, 6.45) is 1.66. The molecule has 0 aliphatic carbocycles. The maximum absolute atomic E-state index is 12.1. The highest BCUT2D eigenvalue weighted by Gasteiger charge is 2.38. The first-order chi connectivity index (χ1) is 10.5. The molecule has 0 unspecified atom stereocenters. The number of benzene rings is 2. The molecule has 2 aromatic rings. The first-order valence-corrected chi connectivity index (χ1v) is 7.73. The number of halogens is 1. The van der Waals surface area contributed by atoms with Crippen molar-refractivity contribution in [1.82, 2.24) is 0 Å². The summed E-state index contributed by atoms with van der Waals surface area (Å²) in [5, 5.41) is 9.62. The summed E-state index contributed by atoms with van der Waals surface area (Å²) in [6.45, 7) is 1.68. The molecule has 1 N–H and O–H groups in total. The van der Waals surface area contributed by atoms with Crippen LogP contribution in [0.3, 0.4) is 0 Å². The van der Waals surface area contributed by atoms with E-state index in [0.29, 0.717) is 0 Å². The normalized spacial score (nSPS) is 24.5. The van der Waals surface area contributed by atoms with E-state index in [-0.39, 0.29) is 5.78 Å². The van der Waals surface area contributed by atoms with Crippen molar-refractivity contribution in [3.05, 3.63) is 70.7 Å². The molecule has 0 bridgehead atoms. The zero-order valence-corrected chi connectivity index (χ0v) is 13.6. The maximum atomic E-state index is 12.1. The summed E-state index contributed by atoms with van der Waals surface area (Å²) in [5.41, 5.74) is 1.73. The van der Waals surface area contributed by atoms with E-state index < -0.39 is 11.9 Å². The standard InChI is InChI=1S/C18H15BrO3/c1-18(16(20)10-11-17(21)22-18)14-6-2-12(3-7-14)13-4-8-15(19)9-5-13/h2-11,17,21H,1H3/t17-,18+/m0/s1. The summed E-state index contributed by atoms with van der Waals surface area (Å²) < 4.78 is 6.48. The van der Waals surface area contributed by atoms with Crippen molar-refractivity contribution in [1.29, 1.82) is 0 Å². The minimum Gasteiger partial charge on any atom is -0.365 e. The van der Waals surface area contributed by atoms with E-state index in [1.807, 2.05) is 48.5 Å². The maximum Gasteiger partial charge on any atom is 0.191 e. The van der Waals surface area contributed by atoms with Gasteiger partial charge in [0, 0.05) is 4.47 Å². The Morgan fingerprint density at radius 1 is 1.05 bits per heavy atom. The first-order valence-electron chi connectivity index (χ1n) is 6.94. The smallest absolute Gasteiger partial charge is 0.191 e. The molecule has 112 valence electrons. The molecule has 0 fully saturated rings. The van der Waals surface area contributed by atoms with E-state index >= 15 is 0 Å². The molecule has 0 spiro atoms. The van der Waals surface area contributed by atoms with Gasteiger partial charge in [0.05, 0.1) is 0 Å². The zero-order chi connectivity index (χ0) is 15.7. The molecular weight excluding hydrogens is 344 g/mol. The highest BCUT2D eigenvalue weighted by molar-refractivity contribution is 9.10. The quantitative estimate of drug-likeness (QED) is 0.887. The monoisotopic (exact) mass is 358 g/mol. The second kappa shape index (κ2) is 5.80. The van der Waals surface area contributed by atoms with Crippen molar-refractivity contribution >= 4 is 21.7 Å². The Morgan fingerprint density at radius 2 is 1.59 bits per heavy atom. The van der Waals surface area contributed by atoms with Crippen LogP contribution in [0.5, 0.6) is 0 Å². The van der Waals surface area contributed by atoms with E-state index in [2.05, 4.69) is 15.9 Å². The minimum atomic E-state index is -1.15. The molecule has 1 heterocycles. The predicted molar refractivity (Wildman–Crippen MR) is 88.2 cm³/mol. The molecule has 1 aliphatic rings. The molecule has 2 atom stereocenters. The first kappa shape index (κ1) is 15.2. The van der Waals surface area contributed by atoms with Gasteiger partial charge in [-0.2, -0.15) is 0 Å². The van der Waals surface area contributed by atoms with Gasteiger partial charge in [-0.3, -0.25) is 4.79 Å². The van der Waals surface area contributed by atoms with Crippen LogP contribution in [-0.4, -0.2) is 17.2 Å². The molecule has 4 heteroatoms. The van der Waals surface area contributed by atoms with Crippen LogP contribution >= 0.6 is 15.9 Å². The number of ketones is 1. The van der Waals surface area contributed by atoms with E-state index in [1.54, 1.807) is 6.92 Å². The van der Waals surface area contributed by atoms with Gasteiger partial charge in [0.1, 0.15) is 0 Å². The summed E-state index contributed by atoms with van der Waals surface area (Å²) in [4.78, 5) is 12.1. The average molecular weight is 359 g/mol. The molecule has 3 nitrogen and oxygen atoms in total. The summed E-state index contributed by atoms with van der Waals surface area (Å²) in [7, 11) is 0. The van der Waals surface area contributed by atoms with Crippen LogP contribution in [-0.2, 0) is 15.1 Å². The third-order valence-corrected chi connectivity index (χ3v) is 4.38.